The second kappa shape index (κ2) is 7.79. The van der Waals surface area contributed by atoms with Crippen LogP contribution in [0.1, 0.15) is 28.1 Å². The van der Waals surface area contributed by atoms with Crippen molar-refractivity contribution in [1.82, 2.24) is 4.90 Å². The van der Waals surface area contributed by atoms with Crippen LogP contribution in [0.5, 0.6) is 17.2 Å². The van der Waals surface area contributed by atoms with Crippen molar-refractivity contribution in [3.63, 3.8) is 0 Å². The highest BCUT2D eigenvalue weighted by Gasteiger charge is 2.34. The summed E-state index contributed by atoms with van der Waals surface area (Å²) < 4.78 is 22.3. The highest BCUT2D eigenvalue weighted by Crippen LogP contribution is 2.40. The summed E-state index contributed by atoms with van der Waals surface area (Å²) in [5.41, 5.74) is 0.435. The average Bonchev–Trinajstić information content (AvgIpc) is 2.69. The summed E-state index contributed by atoms with van der Waals surface area (Å²) in [6.07, 6.45) is -0.900. The van der Waals surface area contributed by atoms with Crippen molar-refractivity contribution >= 4 is 5.91 Å². The van der Waals surface area contributed by atoms with Gasteiger partial charge in [-0.05, 0) is 31.5 Å². The summed E-state index contributed by atoms with van der Waals surface area (Å²) in [6, 6.07) is 6.69. The van der Waals surface area contributed by atoms with Crippen molar-refractivity contribution in [3.8, 4) is 17.2 Å². The number of β-amino-alcohol motifs (C(OH)–C–C–N with tert-alkyl or cyclic N) is 1. The second-order valence-corrected chi connectivity index (χ2v) is 7.22. The van der Waals surface area contributed by atoms with Crippen LogP contribution in [0.3, 0.4) is 0 Å². The van der Waals surface area contributed by atoms with E-state index < -0.39 is 17.8 Å². The molecule has 1 fully saturated rings. The SMILES string of the molecule is Cc1cc(=O)oc(C)c1C(=O)N1CC[C@@H](Oc2cccc3c2OCCO3)[C@H](O)C1. The Bertz CT molecular complexity index is 957. The Morgan fingerprint density at radius 1 is 1.24 bits per heavy atom. The molecule has 2 aliphatic heterocycles. The van der Waals surface area contributed by atoms with Gasteiger partial charge in [0.25, 0.3) is 5.91 Å². The molecule has 8 heteroatoms. The van der Waals surface area contributed by atoms with Crippen LogP contribution >= 0.6 is 0 Å². The van der Waals surface area contributed by atoms with Gasteiger partial charge in [0.1, 0.15) is 31.2 Å². The van der Waals surface area contributed by atoms with E-state index in [0.29, 0.717) is 54.6 Å². The lowest BCUT2D eigenvalue weighted by Gasteiger charge is -2.36. The number of carbonyl (C=O) groups is 1. The second-order valence-electron chi connectivity index (χ2n) is 7.22. The molecule has 1 N–H and O–H groups in total. The number of nitrogens with zero attached hydrogens (tertiary/aromatic N) is 1. The summed E-state index contributed by atoms with van der Waals surface area (Å²) >= 11 is 0. The number of aliphatic hydroxyl groups excluding tert-OH is 1. The van der Waals surface area contributed by atoms with Gasteiger partial charge in [-0.3, -0.25) is 4.79 Å². The van der Waals surface area contributed by atoms with Crippen LogP contribution in [-0.2, 0) is 0 Å². The van der Waals surface area contributed by atoms with Crippen molar-refractivity contribution in [3.05, 3.63) is 51.6 Å². The number of aryl methyl sites for hydroxylation is 2. The number of fused-ring (bicyclic) bond motifs is 1. The molecule has 154 valence electrons. The van der Waals surface area contributed by atoms with E-state index in [0.717, 1.165) is 0 Å². The minimum Gasteiger partial charge on any atom is -0.486 e. The molecule has 4 rings (SSSR count). The first-order valence-electron chi connectivity index (χ1n) is 9.58. The molecule has 1 aromatic heterocycles. The van der Waals surface area contributed by atoms with Crippen LogP contribution in [0.25, 0.3) is 0 Å². The Labute approximate surface area is 167 Å². The molecule has 1 saturated heterocycles. The first kappa shape index (κ1) is 19.3. The predicted molar refractivity (Wildman–Crippen MR) is 103 cm³/mol. The quantitative estimate of drug-likeness (QED) is 0.836. The minimum atomic E-state index is -0.871. The largest absolute Gasteiger partial charge is 0.486 e. The summed E-state index contributed by atoms with van der Waals surface area (Å²) in [5.74, 6) is 1.68. The van der Waals surface area contributed by atoms with Gasteiger partial charge in [-0.1, -0.05) is 6.07 Å². The zero-order chi connectivity index (χ0) is 20.5. The molecular formula is C21H23NO7. The molecule has 2 aromatic rings. The molecule has 8 nitrogen and oxygen atoms in total. The molecule has 0 spiro atoms. The number of aliphatic hydroxyl groups is 1. The van der Waals surface area contributed by atoms with Gasteiger partial charge in [-0.25, -0.2) is 4.79 Å². The first-order valence-corrected chi connectivity index (χ1v) is 9.58. The van der Waals surface area contributed by atoms with Crippen LogP contribution in [-0.4, -0.2) is 54.4 Å². The van der Waals surface area contributed by atoms with E-state index in [4.69, 9.17) is 18.6 Å². The molecule has 0 unspecified atom stereocenters. The molecule has 0 saturated carbocycles. The van der Waals surface area contributed by atoms with Crippen molar-refractivity contribution in [1.29, 1.82) is 0 Å². The number of benzene rings is 1. The summed E-state index contributed by atoms with van der Waals surface area (Å²) in [7, 11) is 0. The number of piperidine rings is 1. The Hall–Kier alpha value is -3.00. The normalized spacial score (nSPS) is 21.0. The minimum absolute atomic E-state index is 0.119. The van der Waals surface area contributed by atoms with E-state index in [2.05, 4.69) is 0 Å². The van der Waals surface area contributed by atoms with E-state index in [1.807, 2.05) is 12.1 Å². The molecule has 1 amide bonds. The smallest absolute Gasteiger partial charge is 0.336 e. The maximum absolute atomic E-state index is 12.9. The molecule has 0 aliphatic carbocycles. The van der Waals surface area contributed by atoms with E-state index in [-0.39, 0.29) is 18.2 Å². The summed E-state index contributed by atoms with van der Waals surface area (Å²) in [5, 5.41) is 10.6. The number of ether oxygens (including phenoxy) is 3. The molecule has 0 radical (unpaired) electrons. The Kier molecular flexibility index (Phi) is 5.19. The fraction of sp³-hybridized carbons (Fsp3) is 0.429. The van der Waals surface area contributed by atoms with Crippen molar-refractivity contribution in [2.24, 2.45) is 0 Å². The number of rotatable bonds is 3. The molecule has 3 heterocycles. The molecule has 2 atom stereocenters. The third-order valence-electron chi connectivity index (χ3n) is 5.16. The zero-order valence-electron chi connectivity index (χ0n) is 16.3. The number of hydrogen-bond acceptors (Lipinski definition) is 7. The monoisotopic (exact) mass is 401 g/mol. The van der Waals surface area contributed by atoms with E-state index in [1.54, 1.807) is 24.8 Å². The molecule has 1 aromatic carbocycles. The van der Waals surface area contributed by atoms with Gasteiger partial charge in [0.05, 0.1) is 12.1 Å². The fourth-order valence-electron chi connectivity index (χ4n) is 3.77. The number of carbonyl (C=O) groups excluding carboxylic acids is 1. The van der Waals surface area contributed by atoms with Crippen LogP contribution in [0.15, 0.2) is 33.5 Å². The number of para-hydroxylation sites is 1. The van der Waals surface area contributed by atoms with Crippen LogP contribution in [0.2, 0.25) is 0 Å². The fourth-order valence-corrected chi connectivity index (χ4v) is 3.77. The lowest BCUT2D eigenvalue weighted by molar-refractivity contribution is -0.0215. The van der Waals surface area contributed by atoms with Crippen LogP contribution < -0.4 is 19.8 Å². The van der Waals surface area contributed by atoms with Gasteiger partial charge in [0.15, 0.2) is 11.5 Å². The third-order valence-corrected chi connectivity index (χ3v) is 5.16. The predicted octanol–water partition coefficient (Wildman–Crippen LogP) is 1.68. The van der Waals surface area contributed by atoms with Gasteiger partial charge in [0, 0.05) is 19.0 Å². The standard InChI is InChI=1S/C21H23NO7/c1-12-10-18(24)28-13(2)19(12)21(25)22-7-6-15(14(23)11-22)29-17-5-3-4-16-20(17)27-9-8-26-16/h3-5,10,14-15,23H,6-9,11H2,1-2H3/t14-,15-/m1/s1. The van der Waals surface area contributed by atoms with Crippen LogP contribution in [0.4, 0.5) is 0 Å². The van der Waals surface area contributed by atoms with Crippen molar-refractivity contribution < 1.29 is 28.5 Å². The molecule has 29 heavy (non-hydrogen) atoms. The van der Waals surface area contributed by atoms with E-state index in [9.17, 15) is 14.7 Å². The average molecular weight is 401 g/mol. The Balaban J connectivity index is 1.47. The van der Waals surface area contributed by atoms with Gasteiger partial charge in [-0.15, -0.1) is 0 Å². The Morgan fingerprint density at radius 2 is 2.03 bits per heavy atom. The van der Waals surface area contributed by atoms with Gasteiger partial charge in [0.2, 0.25) is 5.75 Å². The maximum Gasteiger partial charge on any atom is 0.336 e. The lowest BCUT2D eigenvalue weighted by Crippen LogP contribution is -2.51. The van der Waals surface area contributed by atoms with Crippen molar-refractivity contribution in [2.45, 2.75) is 32.5 Å². The highest BCUT2D eigenvalue weighted by molar-refractivity contribution is 5.96. The number of amides is 1. The lowest BCUT2D eigenvalue weighted by atomic mass is 10.0. The van der Waals surface area contributed by atoms with Gasteiger partial charge in [-0.2, -0.15) is 0 Å². The van der Waals surface area contributed by atoms with Crippen LogP contribution in [0, 0.1) is 13.8 Å². The topological polar surface area (TPSA) is 98.4 Å². The summed E-state index contributed by atoms with van der Waals surface area (Å²) in [4.78, 5) is 26.0. The highest BCUT2D eigenvalue weighted by atomic mass is 16.6. The number of hydrogen-bond donors (Lipinski definition) is 1. The van der Waals surface area contributed by atoms with E-state index >= 15 is 0 Å². The van der Waals surface area contributed by atoms with Gasteiger partial charge >= 0.3 is 5.63 Å². The molecule has 0 bridgehead atoms. The zero-order valence-corrected chi connectivity index (χ0v) is 16.3. The van der Waals surface area contributed by atoms with E-state index in [1.165, 1.54) is 6.07 Å². The third kappa shape index (κ3) is 3.80. The maximum atomic E-state index is 12.9. The van der Waals surface area contributed by atoms with Gasteiger partial charge < -0.3 is 28.6 Å². The number of likely N-dealkylation sites (tertiary alicyclic amines) is 1. The molecular weight excluding hydrogens is 378 g/mol. The first-order chi connectivity index (χ1) is 13.9. The summed E-state index contributed by atoms with van der Waals surface area (Å²) in [6.45, 7) is 4.74. The van der Waals surface area contributed by atoms with Crippen molar-refractivity contribution in [2.75, 3.05) is 26.3 Å². The molecule has 2 aliphatic rings. The Morgan fingerprint density at radius 3 is 2.79 bits per heavy atom.